The Kier molecular flexibility index (Phi) is 7.92. The molecule has 0 aliphatic heterocycles. The Morgan fingerprint density at radius 3 is 2.86 bits per heavy atom. The predicted octanol–water partition coefficient (Wildman–Crippen LogP) is 4.98. The number of rotatable bonds is 10. The summed E-state index contributed by atoms with van der Waals surface area (Å²) in [5.74, 6) is 0.917. The van der Waals surface area contributed by atoms with Crippen LogP contribution in [-0.2, 0) is 28.9 Å². The Hall–Kier alpha value is -3.11. The van der Waals surface area contributed by atoms with Crippen molar-refractivity contribution in [1.29, 1.82) is 0 Å². The summed E-state index contributed by atoms with van der Waals surface area (Å²) in [4.78, 5) is 26.3. The molecule has 184 valence electrons. The summed E-state index contributed by atoms with van der Waals surface area (Å²) in [5, 5.41) is 12.7. The van der Waals surface area contributed by atoms with Crippen molar-refractivity contribution < 1.29 is 19.1 Å². The first-order valence-corrected chi connectivity index (χ1v) is 13.1. The number of esters is 1. The molecule has 1 aliphatic carbocycles. The molecule has 4 rings (SSSR count). The van der Waals surface area contributed by atoms with E-state index in [-0.39, 0.29) is 17.8 Å². The molecule has 1 unspecified atom stereocenters. The first kappa shape index (κ1) is 25.0. The van der Waals surface area contributed by atoms with Gasteiger partial charge in [-0.3, -0.25) is 9.36 Å². The van der Waals surface area contributed by atoms with Crippen LogP contribution in [0.3, 0.4) is 0 Å². The number of carbonyl (C=O) groups is 2. The predicted molar refractivity (Wildman–Crippen MR) is 137 cm³/mol. The van der Waals surface area contributed by atoms with Crippen molar-refractivity contribution >= 4 is 40.0 Å². The number of fused-ring (bicyclic) bond motifs is 1. The summed E-state index contributed by atoms with van der Waals surface area (Å²) in [6, 6.07) is 7.80. The maximum Gasteiger partial charge on any atom is 0.341 e. The number of anilines is 1. The van der Waals surface area contributed by atoms with Crippen LogP contribution in [0.5, 0.6) is 5.75 Å². The number of aromatic nitrogens is 3. The van der Waals surface area contributed by atoms with Gasteiger partial charge in [-0.25, -0.2) is 4.79 Å². The van der Waals surface area contributed by atoms with E-state index in [4.69, 9.17) is 9.47 Å². The molecule has 1 aliphatic rings. The van der Waals surface area contributed by atoms with Crippen LogP contribution < -0.4 is 10.1 Å². The van der Waals surface area contributed by atoms with Crippen molar-refractivity contribution in [2.45, 2.75) is 50.9 Å². The lowest BCUT2D eigenvalue weighted by atomic mass is 10.1. The number of methoxy groups -OCH3 is 1. The van der Waals surface area contributed by atoms with Crippen LogP contribution in [0.4, 0.5) is 5.00 Å². The van der Waals surface area contributed by atoms with Crippen LogP contribution in [0, 0.1) is 6.92 Å². The quantitative estimate of drug-likeness (QED) is 0.233. The number of nitrogens with zero attached hydrogens (tertiary/aromatic N) is 3. The highest BCUT2D eigenvalue weighted by atomic mass is 32.2. The summed E-state index contributed by atoms with van der Waals surface area (Å²) in [6.45, 7) is 8.23. The molecule has 2 aromatic heterocycles. The van der Waals surface area contributed by atoms with Gasteiger partial charge in [-0.1, -0.05) is 36.0 Å². The number of thioether (sulfide) groups is 1. The van der Waals surface area contributed by atoms with E-state index < -0.39 is 5.97 Å². The molecule has 2 heterocycles. The highest BCUT2D eigenvalue weighted by Crippen LogP contribution is 2.39. The van der Waals surface area contributed by atoms with E-state index >= 15 is 0 Å². The molecule has 35 heavy (non-hydrogen) atoms. The monoisotopic (exact) mass is 512 g/mol. The van der Waals surface area contributed by atoms with Gasteiger partial charge in [0.25, 0.3) is 0 Å². The van der Waals surface area contributed by atoms with Gasteiger partial charge < -0.3 is 14.8 Å². The van der Waals surface area contributed by atoms with E-state index in [9.17, 15) is 9.59 Å². The number of ether oxygens (including phenoxy) is 2. The van der Waals surface area contributed by atoms with Crippen molar-refractivity contribution in [3.8, 4) is 5.75 Å². The minimum Gasteiger partial charge on any atom is -0.482 e. The molecule has 0 bridgehead atoms. The average molecular weight is 513 g/mol. The number of hydrogen-bond acceptors (Lipinski definition) is 8. The zero-order valence-electron chi connectivity index (χ0n) is 20.0. The largest absolute Gasteiger partial charge is 0.482 e. The number of thiophene rings is 1. The summed E-state index contributed by atoms with van der Waals surface area (Å²) >= 11 is 2.73. The topological polar surface area (TPSA) is 95.3 Å². The Balaban J connectivity index is 1.45. The number of aryl methyl sites for hydroxylation is 2. The van der Waals surface area contributed by atoms with E-state index in [1.807, 2.05) is 42.7 Å². The first-order chi connectivity index (χ1) is 16.9. The van der Waals surface area contributed by atoms with Crippen molar-refractivity contribution in [2.75, 3.05) is 18.2 Å². The fourth-order valence-corrected chi connectivity index (χ4v) is 6.09. The van der Waals surface area contributed by atoms with Crippen molar-refractivity contribution in [3.63, 3.8) is 0 Å². The molecule has 0 spiro atoms. The number of para-hydroxylation sites is 1. The van der Waals surface area contributed by atoms with Crippen LogP contribution in [0.2, 0.25) is 0 Å². The second-order valence-corrected chi connectivity index (χ2v) is 10.2. The summed E-state index contributed by atoms with van der Waals surface area (Å²) < 4.78 is 13.0. The van der Waals surface area contributed by atoms with E-state index in [1.54, 1.807) is 6.08 Å². The third kappa shape index (κ3) is 5.43. The molecule has 1 aromatic carbocycles. The van der Waals surface area contributed by atoms with Crippen molar-refractivity contribution in [3.05, 3.63) is 64.3 Å². The zero-order valence-corrected chi connectivity index (χ0v) is 21.6. The normalized spacial score (nSPS) is 13.2. The van der Waals surface area contributed by atoms with Gasteiger partial charge >= 0.3 is 5.97 Å². The van der Waals surface area contributed by atoms with E-state index in [2.05, 4.69) is 22.1 Å². The minimum atomic E-state index is -0.412. The highest BCUT2D eigenvalue weighted by Gasteiger charge is 2.28. The summed E-state index contributed by atoms with van der Waals surface area (Å²) in [6.07, 6.45) is 4.18. The van der Waals surface area contributed by atoms with Gasteiger partial charge in [0, 0.05) is 11.4 Å². The van der Waals surface area contributed by atoms with Crippen molar-refractivity contribution in [2.24, 2.45) is 0 Å². The lowest BCUT2D eigenvalue weighted by Gasteiger charge is -2.17. The SMILES string of the molecule is C=CCn1c(SCC(=O)Nc2sc3c(c2C(=O)OC)CCC3)nnc1C(C)Oc1ccccc1C. The molecular weight excluding hydrogens is 484 g/mol. The average Bonchev–Trinajstić information content (AvgIpc) is 3.54. The van der Waals surface area contributed by atoms with Gasteiger partial charge in [0.2, 0.25) is 5.91 Å². The first-order valence-electron chi connectivity index (χ1n) is 11.3. The van der Waals surface area contributed by atoms with Gasteiger partial charge in [0.05, 0.1) is 18.4 Å². The fraction of sp³-hybridized carbons (Fsp3) is 0.360. The van der Waals surface area contributed by atoms with Gasteiger partial charge in [-0.15, -0.1) is 28.1 Å². The molecule has 1 N–H and O–H groups in total. The Morgan fingerprint density at radius 2 is 2.11 bits per heavy atom. The standard InChI is InChI=1S/C25H28N4O4S2/c1-5-13-29-22(16(3)33-18-11-7-6-9-15(18)2)27-28-25(29)34-14-20(30)26-23-21(24(31)32-4)17-10-8-12-19(17)35-23/h5-7,9,11,16H,1,8,10,12-14H2,2-4H3,(H,26,30). The van der Waals surface area contributed by atoms with Crippen LogP contribution >= 0.6 is 23.1 Å². The maximum atomic E-state index is 12.8. The summed E-state index contributed by atoms with van der Waals surface area (Å²) in [5.41, 5.74) is 2.52. The van der Waals surface area contributed by atoms with Crippen LogP contribution in [0.15, 0.2) is 42.1 Å². The Bertz CT molecular complexity index is 1250. The number of carbonyl (C=O) groups excluding carboxylic acids is 2. The molecular formula is C25H28N4O4S2. The van der Waals surface area contributed by atoms with Crippen LogP contribution in [-0.4, -0.2) is 39.5 Å². The van der Waals surface area contributed by atoms with Gasteiger partial charge in [-0.05, 0) is 50.3 Å². The number of amides is 1. The van der Waals surface area contributed by atoms with E-state index in [0.29, 0.717) is 28.1 Å². The number of benzene rings is 1. The third-order valence-corrected chi connectivity index (χ3v) is 7.89. The van der Waals surface area contributed by atoms with Crippen molar-refractivity contribution in [1.82, 2.24) is 14.8 Å². The molecule has 0 fully saturated rings. The second-order valence-electron chi connectivity index (χ2n) is 8.16. The number of nitrogens with one attached hydrogen (secondary N) is 1. The molecule has 1 amide bonds. The fourth-order valence-electron chi connectivity index (χ4n) is 4.04. The van der Waals surface area contributed by atoms with E-state index in [1.165, 1.54) is 30.2 Å². The van der Waals surface area contributed by atoms with Gasteiger partial charge in [-0.2, -0.15) is 0 Å². The molecule has 1 atom stereocenters. The Labute approximate surface area is 212 Å². The smallest absolute Gasteiger partial charge is 0.341 e. The number of hydrogen-bond donors (Lipinski definition) is 1. The minimum absolute atomic E-state index is 0.117. The lowest BCUT2D eigenvalue weighted by Crippen LogP contribution is -2.17. The summed E-state index contributed by atoms with van der Waals surface area (Å²) in [7, 11) is 1.36. The zero-order chi connectivity index (χ0) is 24.9. The molecule has 0 saturated heterocycles. The highest BCUT2D eigenvalue weighted by molar-refractivity contribution is 7.99. The maximum absolute atomic E-state index is 12.8. The molecule has 8 nitrogen and oxygen atoms in total. The van der Waals surface area contributed by atoms with E-state index in [0.717, 1.165) is 41.0 Å². The second kappa shape index (κ2) is 11.1. The lowest BCUT2D eigenvalue weighted by molar-refractivity contribution is -0.113. The van der Waals surface area contributed by atoms with Crippen LogP contribution in [0.1, 0.15) is 51.6 Å². The molecule has 0 radical (unpaired) electrons. The molecule has 0 saturated carbocycles. The van der Waals surface area contributed by atoms with Gasteiger partial charge in [0.15, 0.2) is 17.1 Å². The van der Waals surface area contributed by atoms with Gasteiger partial charge in [0.1, 0.15) is 10.8 Å². The molecule has 10 heteroatoms. The third-order valence-electron chi connectivity index (χ3n) is 5.71. The molecule has 3 aromatic rings. The van der Waals surface area contributed by atoms with Crippen LogP contribution in [0.25, 0.3) is 0 Å². The Morgan fingerprint density at radius 1 is 1.31 bits per heavy atom. The number of allylic oxidation sites excluding steroid dienone is 1.